The third-order valence-corrected chi connectivity index (χ3v) is 4.20. The predicted molar refractivity (Wildman–Crippen MR) is 91.8 cm³/mol. The fraction of sp³-hybridized carbons (Fsp3) is 0.438. The lowest BCUT2D eigenvalue weighted by Crippen LogP contribution is -2.52. The number of carbonyl (C=O) groups is 3. The van der Waals surface area contributed by atoms with Gasteiger partial charge in [0.1, 0.15) is 6.04 Å². The minimum atomic E-state index is -0.803. The lowest BCUT2D eigenvalue weighted by atomic mass is 10.2. The number of urea groups is 1. The van der Waals surface area contributed by atoms with E-state index in [0.29, 0.717) is 22.0 Å². The van der Waals surface area contributed by atoms with E-state index in [4.69, 9.17) is 23.2 Å². The molecule has 1 heterocycles. The van der Waals surface area contributed by atoms with E-state index in [2.05, 4.69) is 10.6 Å². The smallest absolute Gasteiger partial charge is 0.325 e. The molecule has 0 spiro atoms. The van der Waals surface area contributed by atoms with Crippen LogP contribution in [0.15, 0.2) is 18.2 Å². The minimum Gasteiger partial charge on any atom is -0.350 e. The van der Waals surface area contributed by atoms with Gasteiger partial charge in [0.25, 0.3) is 0 Å². The first-order valence-corrected chi connectivity index (χ1v) is 8.39. The molecule has 1 aliphatic rings. The molecule has 0 aliphatic carbocycles. The van der Waals surface area contributed by atoms with Crippen LogP contribution in [0.3, 0.4) is 0 Å². The predicted octanol–water partition coefficient (Wildman–Crippen LogP) is 2.72. The van der Waals surface area contributed by atoms with E-state index < -0.39 is 12.1 Å². The summed E-state index contributed by atoms with van der Waals surface area (Å²) in [6.45, 7) is 3.77. The van der Waals surface area contributed by atoms with Crippen LogP contribution in [0.4, 0.5) is 4.79 Å². The fourth-order valence-corrected chi connectivity index (χ4v) is 2.94. The number of rotatable bonds is 4. The number of nitrogens with one attached hydrogen (secondary N) is 2. The molecular formula is C16H19Cl2N3O3. The topological polar surface area (TPSA) is 78.5 Å². The maximum Gasteiger partial charge on any atom is 0.325 e. The lowest BCUT2D eigenvalue weighted by molar-refractivity contribution is -0.132. The Morgan fingerprint density at radius 2 is 2.04 bits per heavy atom. The van der Waals surface area contributed by atoms with Gasteiger partial charge in [0.05, 0.1) is 0 Å². The van der Waals surface area contributed by atoms with Crippen molar-refractivity contribution in [2.45, 2.75) is 45.3 Å². The van der Waals surface area contributed by atoms with Crippen molar-refractivity contribution in [3.05, 3.63) is 33.8 Å². The molecule has 0 saturated carbocycles. The maximum atomic E-state index is 12.4. The van der Waals surface area contributed by atoms with Crippen molar-refractivity contribution >= 4 is 41.0 Å². The van der Waals surface area contributed by atoms with Crippen LogP contribution >= 0.6 is 23.2 Å². The van der Waals surface area contributed by atoms with E-state index in [0.717, 1.165) is 4.90 Å². The van der Waals surface area contributed by atoms with Gasteiger partial charge in [0, 0.05) is 29.1 Å². The summed E-state index contributed by atoms with van der Waals surface area (Å²) in [5, 5.41) is 6.31. The number of amides is 4. The highest BCUT2D eigenvalue weighted by molar-refractivity contribution is 6.35. The van der Waals surface area contributed by atoms with Crippen molar-refractivity contribution in [3.8, 4) is 0 Å². The Kier molecular flexibility index (Phi) is 6.07. The Balaban J connectivity index is 2.02. The van der Waals surface area contributed by atoms with Gasteiger partial charge in [-0.25, -0.2) is 4.79 Å². The molecule has 4 amide bonds. The number of hydrogen-bond donors (Lipinski definition) is 2. The van der Waals surface area contributed by atoms with Crippen LogP contribution in [0.2, 0.25) is 10.0 Å². The molecule has 0 bridgehead atoms. The number of benzene rings is 1. The first-order valence-electron chi connectivity index (χ1n) is 7.63. The monoisotopic (exact) mass is 371 g/mol. The van der Waals surface area contributed by atoms with E-state index in [1.807, 2.05) is 0 Å². The van der Waals surface area contributed by atoms with E-state index in [-0.39, 0.29) is 30.8 Å². The van der Waals surface area contributed by atoms with Crippen molar-refractivity contribution < 1.29 is 14.4 Å². The fourth-order valence-electron chi connectivity index (χ4n) is 2.47. The van der Waals surface area contributed by atoms with Gasteiger partial charge in [0.2, 0.25) is 11.8 Å². The largest absolute Gasteiger partial charge is 0.350 e. The molecule has 6 nitrogen and oxygen atoms in total. The summed E-state index contributed by atoms with van der Waals surface area (Å²) in [7, 11) is 0. The number of halogens is 2. The lowest BCUT2D eigenvalue weighted by Gasteiger charge is -2.23. The van der Waals surface area contributed by atoms with Gasteiger partial charge in [-0.2, -0.15) is 0 Å². The minimum absolute atomic E-state index is 0.123. The second-order valence-electron chi connectivity index (χ2n) is 5.88. The van der Waals surface area contributed by atoms with E-state index in [1.165, 1.54) is 0 Å². The van der Waals surface area contributed by atoms with E-state index in [1.54, 1.807) is 32.0 Å². The van der Waals surface area contributed by atoms with Crippen molar-refractivity contribution in [1.82, 2.24) is 15.5 Å². The highest BCUT2D eigenvalue weighted by atomic mass is 35.5. The summed E-state index contributed by atoms with van der Waals surface area (Å²) in [5.74, 6) is -0.733. The third-order valence-electron chi connectivity index (χ3n) is 3.61. The molecule has 1 saturated heterocycles. The molecule has 2 N–H and O–H groups in total. The molecule has 1 fully saturated rings. The van der Waals surface area contributed by atoms with Gasteiger partial charge in [-0.1, -0.05) is 29.3 Å². The molecule has 0 aromatic heterocycles. The van der Waals surface area contributed by atoms with E-state index in [9.17, 15) is 14.4 Å². The number of nitrogens with zero attached hydrogens (tertiary/aromatic N) is 1. The zero-order chi connectivity index (χ0) is 17.9. The van der Waals surface area contributed by atoms with Crippen molar-refractivity contribution in [1.29, 1.82) is 0 Å². The van der Waals surface area contributed by atoms with Gasteiger partial charge >= 0.3 is 6.03 Å². The molecule has 0 radical (unpaired) electrons. The molecule has 24 heavy (non-hydrogen) atoms. The molecular weight excluding hydrogens is 353 g/mol. The number of hydrogen-bond acceptors (Lipinski definition) is 3. The molecule has 1 aromatic carbocycles. The summed E-state index contributed by atoms with van der Waals surface area (Å²) >= 11 is 11.9. The van der Waals surface area contributed by atoms with Crippen LogP contribution in [-0.2, 0) is 16.1 Å². The molecule has 1 unspecified atom stereocenters. The van der Waals surface area contributed by atoms with Crippen LogP contribution in [0.5, 0.6) is 0 Å². The Morgan fingerprint density at radius 3 is 2.67 bits per heavy atom. The summed E-state index contributed by atoms with van der Waals surface area (Å²) in [5.41, 5.74) is 0.705. The van der Waals surface area contributed by atoms with Crippen LogP contribution < -0.4 is 10.6 Å². The quantitative estimate of drug-likeness (QED) is 0.853. The van der Waals surface area contributed by atoms with Gasteiger partial charge in [-0.15, -0.1) is 0 Å². The highest BCUT2D eigenvalue weighted by Gasteiger charge is 2.40. The zero-order valence-corrected chi connectivity index (χ0v) is 14.9. The SMILES string of the molecule is CC(C)NC(=O)N1C(=O)CCC1C(=O)NCc1ccc(Cl)cc1Cl. The Hall–Kier alpha value is -1.79. The van der Waals surface area contributed by atoms with E-state index >= 15 is 0 Å². The highest BCUT2D eigenvalue weighted by Crippen LogP contribution is 2.22. The average Bonchev–Trinajstić information content (AvgIpc) is 2.87. The van der Waals surface area contributed by atoms with Gasteiger partial charge in [0.15, 0.2) is 0 Å². The van der Waals surface area contributed by atoms with Crippen molar-refractivity contribution in [2.24, 2.45) is 0 Å². The normalized spacial score (nSPS) is 17.3. The van der Waals surface area contributed by atoms with Gasteiger partial charge in [-0.05, 0) is 38.0 Å². The summed E-state index contributed by atoms with van der Waals surface area (Å²) in [6, 6.07) is 3.51. The first kappa shape index (κ1) is 18.5. The Morgan fingerprint density at radius 1 is 1.33 bits per heavy atom. The molecule has 130 valence electrons. The molecule has 1 aromatic rings. The summed E-state index contributed by atoms with van der Waals surface area (Å²) in [4.78, 5) is 37.4. The summed E-state index contributed by atoms with van der Waals surface area (Å²) in [6.07, 6.45) is 0.482. The first-order chi connectivity index (χ1) is 11.3. The molecule has 1 atom stereocenters. The van der Waals surface area contributed by atoms with Crippen LogP contribution in [0.25, 0.3) is 0 Å². The standard InChI is InChI=1S/C16H19Cl2N3O3/c1-9(2)20-16(24)21-13(5-6-14(21)22)15(23)19-8-10-3-4-11(17)7-12(10)18/h3-4,7,9,13H,5-6,8H2,1-2H3,(H,19,23)(H,20,24). The number of likely N-dealkylation sites (tertiary alicyclic amines) is 1. The summed E-state index contributed by atoms with van der Waals surface area (Å²) < 4.78 is 0. The molecule has 1 aliphatic heterocycles. The third kappa shape index (κ3) is 4.39. The molecule has 2 rings (SSSR count). The Bertz CT molecular complexity index is 664. The second kappa shape index (κ2) is 7.85. The van der Waals surface area contributed by atoms with Gasteiger partial charge in [-0.3, -0.25) is 14.5 Å². The number of imide groups is 1. The van der Waals surface area contributed by atoms with Gasteiger partial charge < -0.3 is 10.6 Å². The Labute approximate surface area is 150 Å². The molecule has 8 heteroatoms. The van der Waals surface area contributed by atoms with Crippen molar-refractivity contribution in [3.63, 3.8) is 0 Å². The average molecular weight is 372 g/mol. The second-order valence-corrected chi connectivity index (χ2v) is 6.72. The van der Waals surface area contributed by atoms with Crippen LogP contribution in [-0.4, -0.2) is 34.8 Å². The zero-order valence-electron chi connectivity index (χ0n) is 13.4. The maximum absolute atomic E-state index is 12.4. The van der Waals surface area contributed by atoms with Crippen LogP contribution in [0, 0.1) is 0 Å². The van der Waals surface area contributed by atoms with Crippen molar-refractivity contribution in [2.75, 3.05) is 0 Å². The van der Waals surface area contributed by atoms with Crippen LogP contribution in [0.1, 0.15) is 32.3 Å². The number of carbonyl (C=O) groups excluding carboxylic acids is 3.